The Bertz CT molecular complexity index is 609. The predicted molar refractivity (Wildman–Crippen MR) is 85.8 cm³/mol. The van der Waals surface area contributed by atoms with Gasteiger partial charge in [-0.05, 0) is 42.9 Å². The molecular formula is C17H22N2O4. The van der Waals surface area contributed by atoms with E-state index in [4.69, 9.17) is 14.2 Å². The summed E-state index contributed by atoms with van der Waals surface area (Å²) in [7, 11) is 0. The van der Waals surface area contributed by atoms with Gasteiger partial charge in [0, 0.05) is 12.1 Å². The fourth-order valence-electron chi connectivity index (χ4n) is 2.09. The highest BCUT2D eigenvalue weighted by Gasteiger charge is 2.22. The number of carbonyl (C=O) groups is 1. The summed E-state index contributed by atoms with van der Waals surface area (Å²) in [6.07, 6.45) is 2.41. The number of carbonyl (C=O) groups excluding carboxylic acids is 1. The zero-order valence-corrected chi connectivity index (χ0v) is 13.5. The normalized spacial score (nSPS) is 16.6. The number of nitrogens with zero attached hydrogens (tertiary/aromatic N) is 1. The Morgan fingerprint density at radius 1 is 1.35 bits per heavy atom. The molecule has 2 aliphatic rings. The average Bonchev–Trinajstić information content (AvgIpc) is 3.24. The zero-order chi connectivity index (χ0) is 16.2. The summed E-state index contributed by atoms with van der Waals surface area (Å²) in [5, 5.41) is 2.76. The van der Waals surface area contributed by atoms with E-state index in [9.17, 15) is 4.79 Å². The van der Waals surface area contributed by atoms with Gasteiger partial charge in [-0.1, -0.05) is 13.8 Å². The maximum Gasteiger partial charge on any atom is 0.291 e. The molecule has 124 valence electrons. The van der Waals surface area contributed by atoms with Gasteiger partial charge in [-0.15, -0.1) is 0 Å². The molecule has 6 nitrogen and oxygen atoms in total. The molecule has 0 radical (unpaired) electrons. The van der Waals surface area contributed by atoms with Crippen LogP contribution in [0.3, 0.4) is 0 Å². The number of amides is 1. The lowest BCUT2D eigenvalue weighted by Crippen LogP contribution is -2.33. The second-order valence-corrected chi connectivity index (χ2v) is 6.32. The number of hydrogen-bond donors (Lipinski definition) is 1. The predicted octanol–water partition coefficient (Wildman–Crippen LogP) is 2.58. The van der Waals surface area contributed by atoms with Gasteiger partial charge in [0.25, 0.3) is 11.9 Å². The van der Waals surface area contributed by atoms with Crippen LogP contribution in [0.2, 0.25) is 0 Å². The molecule has 0 atom stereocenters. The molecule has 1 heterocycles. The van der Waals surface area contributed by atoms with Crippen LogP contribution < -0.4 is 14.8 Å². The molecule has 1 aromatic rings. The first kappa shape index (κ1) is 15.6. The van der Waals surface area contributed by atoms with Crippen LogP contribution in [-0.2, 0) is 4.74 Å². The third-order valence-corrected chi connectivity index (χ3v) is 3.60. The molecule has 1 amide bonds. The van der Waals surface area contributed by atoms with Crippen molar-refractivity contribution in [3.05, 3.63) is 23.8 Å². The fourth-order valence-corrected chi connectivity index (χ4v) is 2.09. The van der Waals surface area contributed by atoms with Crippen molar-refractivity contribution in [2.75, 3.05) is 19.9 Å². The number of ether oxygens (including phenoxy) is 3. The molecule has 1 fully saturated rings. The Labute approximate surface area is 135 Å². The van der Waals surface area contributed by atoms with Gasteiger partial charge in [-0.2, -0.15) is 0 Å². The van der Waals surface area contributed by atoms with Gasteiger partial charge >= 0.3 is 0 Å². The summed E-state index contributed by atoms with van der Waals surface area (Å²) in [4.78, 5) is 16.8. The summed E-state index contributed by atoms with van der Waals surface area (Å²) >= 11 is 0. The van der Waals surface area contributed by atoms with E-state index in [0.717, 1.165) is 0 Å². The van der Waals surface area contributed by atoms with Crippen molar-refractivity contribution in [2.45, 2.75) is 26.7 Å². The topological polar surface area (TPSA) is 69.2 Å². The highest BCUT2D eigenvalue weighted by atomic mass is 16.7. The van der Waals surface area contributed by atoms with E-state index in [2.05, 4.69) is 24.2 Å². The molecule has 0 aromatic heterocycles. The fraction of sp³-hybridized carbons (Fsp3) is 0.529. The summed E-state index contributed by atoms with van der Waals surface area (Å²) in [6.45, 7) is 5.52. The van der Waals surface area contributed by atoms with Crippen molar-refractivity contribution in [3.8, 4) is 11.5 Å². The Kier molecular flexibility index (Phi) is 4.69. The maximum absolute atomic E-state index is 12.4. The largest absolute Gasteiger partial charge is 0.465 e. The summed E-state index contributed by atoms with van der Waals surface area (Å²) in [5.74, 6) is 1.97. The summed E-state index contributed by atoms with van der Waals surface area (Å²) in [6, 6.07) is 5.39. The van der Waals surface area contributed by atoms with Crippen molar-refractivity contribution in [3.63, 3.8) is 0 Å². The van der Waals surface area contributed by atoms with Crippen LogP contribution in [0.5, 0.6) is 11.5 Å². The molecule has 6 heteroatoms. The molecule has 1 saturated carbocycles. The van der Waals surface area contributed by atoms with Gasteiger partial charge in [0.15, 0.2) is 11.5 Å². The minimum atomic E-state index is -0.262. The summed E-state index contributed by atoms with van der Waals surface area (Å²) < 4.78 is 16.2. The molecule has 1 N–H and O–H groups in total. The second-order valence-electron chi connectivity index (χ2n) is 6.32. The number of benzene rings is 1. The first-order chi connectivity index (χ1) is 11.1. The molecule has 1 aliphatic heterocycles. The Morgan fingerprint density at radius 3 is 2.87 bits per heavy atom. The molecule has 0 unspecified atom stereocenters. The van der Waals surface area contributed by atoms with Crippen LogP contribution in [-0.4, -0.2) is 31.9 Å². The quantitative estimate of drug-likeness (QED) is 0.669. The van der Waals surface area contributed by atoms with Gasteiger partial charge < -0.3 is 14.2 Å². The second kappa shape index (κ2) is 6.89. The van der Waals surface area contributed by atoms with Crippen molar-refractivity contribution >= 4 is 11.9 Å². The average molecular weight is 318 g/mol. The highest BCUT2D eigenvalue weighted by Crippen LogP contribution is 2.32. The monoisotopic (exact) mass is 318 g/mol. The maximum atomic E-state index is 12.4. The van der Waals surface area contributed by atoms with Crippen molar-refractivity contribution in [1.29, 1.82) is 0 Å². The van der Waals surface area contributed by atoms with E-state index in [1.54, 1.807) is 18.2 Å². The SMILES string of the molecule is CC(C)COC(=NCC1CC1)NC(=O)c1ccc2c(c1)OCO2. The van der Waals surface area contributed by atoms with Crippen molar-refractivity contribution in [2.24, 2.45) is 16.8 Å². The third-order valence-electron chi connectivity index (χ3n) is 3.60. The number of aliphatic imine (C=N–C) groups is 1. The molecule has 23 heavy (non-hydrogen) atoms. The molecular weight excluding hydrogens is 296 g/mol. The lowest BCUT2D eigenvalue weighted by atomic mass is 10.2. The van der Waals surface area contributed by atoms with Crippen LogP contribution in [0.4, 0.5) is 0 Å². The van der Waals surface area contributed by atoms with Gasteiger partial charge in [-0.25, -0.2) is 4.99 Å². The number of fused-ring (bicyclic) bond motifs is 1. The van der Waals surface area contributed by atoms with Gasteiger partial charge in [0.1, 0.15) is 0 Å². The van der Waals surface area contributed by atoms with Crippen LogP contribution >= 0.6 is 0 Å². The number of nitrogens with one attached hydrogen (secondary N) is 1. The molecule has 3 rings (SSSR count). The lowest BCUT2D eigenvalue weighted by molar-refractivity contribution is 0.0962. The molecule has 1 aromatic carbocycles. The number of amidine groups is 1. The van der Waals surface area contributed by atoms with Crippen LogP contribution in [0.15, 0.2) is 23.2 Å². The van der Waals surface area contributed by atoms with Crippen molar-refractivity contribution < 1.29 is 19.0 Å². The van der Waals surface area contributed by atoms with Crippen molar-refractivity contribution in [1.82, 2.24) is 5.32 Å². The van der Waals surface area contributed by atoms with E-state index in [0.29, 0.717) is 48.1 Å². The molecule has 0 bridgehead atoms. The molecule has 0 spiro atoms. The lowest BCUT2D eigenvalue weighted by Gasteiger charge is -2.12. The van der Waals surface area contributed by atoms with E-state index >= 15 is 0 Å². The Morgan fingerprint density at radius 2 is 2.13 bits per heavy atom. The molecule has 0 saturated heterocycles. The van der Waals surface area contributed by atoms with E-state index < -0.39 is 0 Å². The van der Waals surface area contributed by atoms with Crippen LogP contribution in [0.25, 0.3) is 0 Å². The van der Waals surface area contributed by atoms with E-state index in [1.165, 1.54) is 12.8 Å². The van der Waals surface area contributed by atoms with Gasteiger partial charge in [0.05, 0.1) is 6.61 Å². The van der Waals surface area contributed by atoms with Gasteiger partial charge in [-0.3, -0.25) is 10.1 Å². The zero-order valence-electron chi connectivity index (χ0n) is 13.5. The first-order valence-electron chi connectivity index (χ1n) is 8.00. The smallest absolute Gasteiger partial charge is 0.291 e. The summed E-state index contributed by atoms with van der Waals surface area (Å²) in [5.41, 5.74) is 0.488. The van der Waals surface area contributed by atoms with E-state index in [-0.39, 0.29) is 12.7 Å². The van der Waals surface area contributed by atoms with E-state index in [1.807, 2.05) is 0 Å². The third kappa shape index (κ3) is 4.37. The standard InChI is InChI=1S/C17H22N2O4/c1-11(2)9-21-17(18-8-12-3-4-12)19-16(20)13-5-6-14-15(7-13)23-10-22-14/h5-7,11-12H,3-4,8-10H2,1-2H3,(H,18,19,20). The first-order valence-corrected chi connectivity index (χ1v) is 8.00. The number of rotatable bonds is 5. The Balaban J connectivity index is 1.65. The van der Waals surface area contributed by atoms with Crippen LogP contribution in [0, 0.1) is 11.8 Å². The minimum absolute atomic E-state index is 0.187. The number of hydrogen-bond acceptors (Lipinski definition) is 5. The van der Waals surface area contributed by atoms with Gasteiger partial charge in [0.2, 0.25) is 6.79 Å². The minimum Gasteiger partial charge on any atom is -0.465 e. The van der Waals surface area contributed by atoms with Crippen LogP contribution in [0.1, 0.15) is 37.0 Å². The molecule has 1 aliphatic carbocycles. The Hall–Kier alpha value is -2.24. The highest BCUT2D eigenvalue weighted by molar-refractivity contribution is 6.04.